The Kier molecular flexibility index (Phi) is 4.68. The van der Waals surface area contributed by atoms with Crippen LogP contribution in [-0.2, 0) is 9.59 Å². The summed E-state index contributed by atoms with van der Waals surface area (Å²) in [5.41, 5.74) is 1.01. The first-order valence-electron chi connectivity index (χ1n) is 8.15. The van der Waals surface area contributed by atoms with Crippen molar-refractivity contribution in [1.82, 2.24) is 4.90 Å². The second-order valence-corrected chi connectivity index (χ2v) is 7.73. The molecule has 3 atom stereocenters. The lowest BCUT2D eigenvalue weighted by Gasteiger charge is -2.42. The third-order valence-corrected chi connectivity index (χ3v) is 6.65. The first kappa shape index (κ1) is 19.6. The highest BCUT2D eigenvalue weighted by atomic mass is 35.5. The highest BCUT2D eigenvalue weighted by Crippen LogP contribution is 2.61. The normalized spacial score (nSPS) is 30.0. The van der Waals surface area contributed by atoms with E-state index >= 15 is 0 Å². The van der Waals surface area contributed by atoms with Gasteiger partial charge in [-0.05, 0) is 12.0 Å². The number of fused-ring (bicyclic) bond motifs is 1. The molecule has 0 aromatic heterocycles. The zero-order valence-electron chi connectivity index (χ0n) is 15.1. The predicted molar refractivity (Wildman–Crippen MR) is 102 cm³/mol. The molecular formula is C19H19Cl2NO5. The number of nitrogens with zero attached hydrogens (tertiary/aromatic N) is 1. The van der Waals surface area contributed by atoms with Crippen molar-refractivity contribution in [2.24, 2.45) is 0 Å². The molecule has 1 N–H and O–H groups in total. The molecule has 1 fully saturated rings. The van der Waals surface area contributed by atoms with Crippen molar-refractivity contribution in [2.75, 3.05) is 21.3 Å². The number of rotatable bonds is 4. The number of imide groups is 1. The average Bonchev–Trinajstić information content (AvgIpc) is 2.79. The summed E-state index contributed by atoms with van der Waals surface area (Å²) in [6, 6.07) is 2.77. The van der Waals surface area contributed by atoms with E-state index in [1.165, 1.54) is 33.4 Å². The Hall–Kier alpha value is -2.18. The number of carbonyl (C=O) groups excluding carboxylic acids is 2. The molecule has 27 heavy (non-hydrogen) atoms. The Morgan fingerprint density at radius 2 is 1.78 bits per heavy atom. The van der Waals surface area contributed by atoms with Gasteiger partial charge in [-0.1, -0.05) is 18.7 Å². The van der Waals surface area contributed by atoms with Gasteiger partial charge in [-0.3, -0.25) is 14.5 Å². The molecule has 0 bridgehead atoms. The number of ether oxygens (including phenoxy) is 2. The molecule has 8 heteroatoms. The molecule has 2 aliphatic rings. The minimum atomic E-state index is -1.81. The van der Waals surface area contributed by atoms with E-state index in [0.29, 0.717) is 11.1 Å². The number of aromatic hydroxyl groups is 1. The smallest absolute Gasteiger partial charge is 0.253 e. The predicted octanol–water partition coefficient (Wildman–Crippen LogP) is 2.96. The van der Waals surface area contributed by atoms with E-state index in [9.17, 15) is 14.7 Å². The van der Waals surface area contributed by atoms with Crippen molar-refractivity contribution in [3.05, 3.63) is 42.0 Å². The molecule has 3 rings (SSSR count). The third kappa shape index (κ3) is 2.39. The standard InChI is InChI=1S/C19H19Cl2NO5/c1-5-10-6-7-18(20)16(24)22(2)17(25)19(18,21)15(10)14-12(26-3)8-11(23)9-13(14)27-4/h5-6,8-9,15,23H,1,7H2,2-4H3. The molecule has 1 aromatic carbocycles. The van der Waals surface area contributed by atoms with Crippen molar-refractivity contribution < 1.29 is 24.2 Å². The fourth-order valence-electron chi connectivity index (χ4n) is 3.90. The molecule has 0 spiro atoms. The summed E-state index contributed by atoms with van der Waals surface area (Å²) in [6.45, 7) is 3.81. The lowest BCUT2D eigenvalue weighted by Crippen LogP contribution is -2.55. The molecule has 1 aromatic rings. The van der Waals surface area contributed by atoms with E-state index in [2.05, 4.69) is 6.58 Å². The summed E-state index contributed by atoms with van der Waals surface area (Å²) >= 11 is 13.6. The summed E-state index contributed by atoms with van der Waals surface area (Å²) in [5, 5.41) is 9.96. The van der Waals surface area contributed by atoms with E-state index in [4.69, 9.17) is 32.7 Å². The Labute approximate surface area is 166 Å². The molecule has 0 saturated carbocycles. The summed E-state index contributed by atoms with van der Waals surface area (Å²) in [4.78, 5) is 23.3. The maximum absolute atomic E-state index is 13.1. The van der Waals surface area contributed by atoms with Crippen LogP contribution in [0, 0.1) is 0 Å². The number of likely N-dealkylation sites (tertiary alicyclic amines) is 1. The van der Waals surface area contributed by atoms with Gasteiger partial charge in [0.25, 0.3) is 11.8 Å². The SMILES string of the molecule is C=CC1=CCC2(Cl)C(=O)N(C)C(=O)C2(Cl)C1c1c(OC)cc(O)cc1OC. The van der Waals surface area contributed by atoms with Crippen LogP contribution in [0.15, 0.2) is 36.4 Å². The molecule has 3 unspecified atom stereocenters. The molecule has 0 radical (unpaired) electrons. The zero-order valence-corrected chi connectivity index (χ0v) is 16.6. The van der Waals surface area contributed by atoms with E-state index in [1.807, 2.05) is 0 Å². The van der Waals surface area contributed by atoms with Crippen LogP contribution in [0.2, 0.25) is 0 Å². The lowest BCUT2D eigenvalue weighted by molar-refractivity contribution is -0.137. The minimum absolute atomic E-state index is 0.0769. The average molecular weight is 412 g/mol. The van der Waals surface area contributed by atoms with Crippen molar-refractivity contribution in [3.63, 3.8) is 0 Å². The Morgan fingerprint density at radius 3 is 2.26 bits per heavy atom. The van der Waals surface area contributed by atoms with Gasteiger partial charge in [-0.2, -0.15) is 0 Å². The second kappa shape index (κ2) is 6.46. The number of halogens is 2. The number of methoxy groups -OCH3 is 2. The molecule has 1 aliphatic carbocycles. The maximum atomic E-state index is 13.1. The van der Waals surface area contributed by atoms with Gasteiger partial charge in [0.1, 0.15) is 17.2 Å². The quantitative estimate of drug-likeness (QED) is 0.608. The van der Waals surface area contributed by atoms with Gasteiger partial charge >= 0.3 is 0 Å². The largest absolute Gasteiger partial charge is 0.508 e. The van der Waals surface area contributed by atoms with Crippen molar-refractivity contribution in [2.45, 2.75) is 22.1 Å². The van der Waals surface area contributed by atoms with Gasteiger partial charge in [0.15, 0.2) is 9.75 Å². The number of phenolic OH excluding ortho intramolecular Hbond substituents is 1. The molecular weight excluding hydrogens is 393 g/mol. The molecule has 2 amide bonds. The van der Waals surface area contributed by atoms with Gasteiger partial charge in [0, 0.05) is 30.7 Å². The first-order valence-corrected chi connectivity index (χ1v) is 8.90. The van der Waals surface area contributed by atoms with Crippen LogP contribution in [0.1, 0.15) is 17.9 Å². The monoisotopic (exact) mass is 411 g/mol. The molecule has 6 nitrogen and oxygen atoms in total. The van der Waals surface area contributed by atoms with Gasteiger partial charge in [-0.15, -0.1) is 23.2 Å². The number of alkyl halides is 2. The molecule has 1 saturated heterocycles. The second-order valence-electron chi connectivity index (χ2n) is 6.49. The third-order valence-electron chi connectivity index (χ3n) is 5.24. The number of allylic oxidation sites excluding steroid dienone is 3. The number of amides is 2. The maximum Gasteiger partial charge on any atom is 0.253 e. The first-order chi connectivity index (χ1) is 12.7. The van der Waals surface area contributed by atoms with Crippen LogP contribution in [0.4, 0.5) is 0 Å². The van der Waals surface area contributed by atoms with Crippen molar-refractivity contribution >= 4 is 35.0 Å². The van der Waals surface area contributed by atoms with Gasteiger partial charge < -0.3 is 14.6 Å². The summed E-state index contributed by atoms with van der Waals surface area (Å²) < 4.78 is 10.8. The minimum Gasteiger partial charge on any atom is -0.508 e. The summed E-state index contributed by atoms with van der Waals surface area (Å²) in [5.74, 6) is -1.64. The Bertz CT molecular complexity index is 858. The summed E-state index contributed by atoms with van der Waals surface area (Å²) in [6.07, 6.45) is 3.38. The molecule has 1 heterocycles. The van der Waals surface area contributed by atoms with Crippen LogP contribution < -0.4 is 9.47 Å². The highest BCUT2D eigenvalue weighted by Gasteiger charge is 2.72. The number of benzene rings is 1. The van der Waals surface area contributed by atoms with Crippen LogP contribution >= 0.6 is 23.2 Å². The number of hydrogen-bond acceptors (Lipinski definition) is 5. The van der Waals surface area contributed by atoms with Crippen LogP contribution in [0.3, 0.4) is 0 Å². The molecule has 144 valence electrons. The van der Waals surface area contributed by atoms with E-state index in [0.717, 1.165) is 4.90 Å². The van der Waals surface area contributed by atoms with Crippen molar-refractivity contribution in [1.29, 1.82) is 0 Å². The summed E-state index contributed by atoms with van der Waals surface area (Å²) in [7, 11) is 4.19. The van der Waals surface area contributed by atoms with Gasteiger partial charge in [0.05, 0.1) is 14.2 Å². The zero-order chi connectivity index (χ0) is 20.1. The van der Waals surface area contributed by atoms with Gasteiger partial charge in [0.2, 0.25) is 0 Å². The van der Waals surface area contributed by atoms with Crippen LogP contribution in [0.5, 0.6) is 17.2 Å². The van der Waals surface area contributed by atoms with E-state index < -0.39 is 27.5 Å². The number of phenols is 1. The van der Waals surface area contributed by atoms with Gasteiger partial charge in [-0.25, -0.2) is 0 Å². The Morgan fingerprint density at radius 1 is 1.22 bits per heavy atom. The Balaban J connectivity index is 2.38. The van der Waals surface area contributed by atoms with Crippen LogP contribution in [-0.4, -0.2) is 52.8 Å². The van der Waals surface area contributed by atoms with Crippen LogP contribution in [0.25, 0.3) is 0 Å². The lowest BCUT2D eigenvalue weighted by atomic mass is 9.68. The number of carbonyl (C=O) groups is 2. The molecule has 1 aliphatic heterocycles. The highest BCUT2D eigenvalue weighted by molar-refractivity contribution is 6.53. The fourth-order valence-corrected chi connectivity index (χ4v) is 4.81. The number of hydrogen-bond donors (Lipinski definition) is 1. The van der Waals surface area contributed by atoms with E-state index in [1.54, 1.807) is 12.2 Å². The van der Waals surface area contributed by atoms with E-state index in [-0.39, 0.29) is 23.7 Å². The van der Waals surface area contributed by atoms with Crippen molar-refractivity contribution in [3.8, 4) is 17.2 Å². The topological polar surface area (TPSA) is 76.1 Å². The fraction of sp³-hybridized carbons (Fsp3) is 0.368.